The molecule has 1 atom stereocenters. The van der Waals surface area contributed by atoms with E-state index in [-0.39, 0.29) is 51.4 Å². The number of carbonyl (C=O) groups is 1. The van der Waals surface area contributed by atoms with Crippen molar-refractivity contribution in [1.29, 1.82) is 0 Å². The van der Waals surface area contributed by atoms with Crippen LogP contribution in [0.4, 0.5) is 0 Å². The second-order valence-electron chi connectivity index (χ2n) is 4.59. The third-order valence-corrected chi connectivity index (χ3v) is 2.98. The van der Waals surface area contributed by atoms with E-state index >= 15 is 0 Å². The summed E-state index contributed by atoms with van der Waals surface area (Å²) in [5.74, 6) is -1.16. The molecule has 106 valence electrons. The van der Waals surface area contributed by atoms with E-state index in [1.54, 1.807) is 6.08 Å². The molecular formula is C18H16KNO2. The molecule has 0 aromatic heterocycles. The van der Waals surface area contributed by atoms with E-state index in [1.807, 2.05) is 66.7 Å². The van der Waals surface area contributed by atoms with Gasteiger partial charge in [0.1, 0.15) is 0 Å². The van der Waals surface area contributed by atoms with Crippen LogP contribution in [0.1, 0.15) is 11.1 Å². The molecule has 0 aliphatic heterocycles. The van der Waals surface area contributed by atoms with Gasteiger partial charge < -0.3 is 9.90 Å². The zero-order chi connectivity index (χ0) is 14.9. The van der Waals surface area contributed by atoms with Crippen LogP contribution in [-0.2, 0) is 11.2 Å². The van der Waals surface area contributed by atoms with Gasteiger partial charge in [0.15, 0.2) is 0 Å². The number of aliphatic carboxylic acids is 1. The molecule has 2 aromatic rings. The first-order valence-electron chi connectivity index (χ1n) is 6.75. The first-order valence-corrected chi connectivity index (χ1v) is 6.75. The van der Waals surface area contributed by atoms with Crippen molar-refractivity contribution in [3.63, 3.8) is 0 Å². The minimum Gasteiger partial charge on any atom is -0.548 e. The standard InChI is InChI=1S/C18H17NO2.K/c20-18(21)17(14-16-10-5-2-6-11-16)19-13-7-12-15-8-3-1-4-9-15;/h1-13,17H,14H2,(H,20,21);/q;+1/p-1/b12-7+,19-13?;/t17-;/m0./s1. The summed E-state index contributed by atoms with van der Waals surface area (Å²) < 4.78 is 0. The van der Waals surface area contributed by atoms with E-state index in [1.165, 1.54) is 6.21 Å². The van der Waals surface area contributed by atoms with Crippen LogP contribution < -0.4 is 56.5 Å². The topological polar surface area (TPSA) is 52.5 Å². The van der Waals surface area contributed by atoms with Gasteiger partial charge in [-0.05, 0) is 17.2 Å². The number of carboxylic acids is 1. The Kier molecular flexibility index (Phi) is 9.19. The van der Waals surface area contributed by atoms with Gasteiger partial charge in [-0.25, -0.2) is 0 Å². The molecule has 0 aliphatic rings. The SMILES string of the molecule is O=C([O-])[C@H](Cc1ccccc1)N=C/C=C/c1ccccc1.[K+]. The molecule has 0 spiro atoms. The molecule has 22 heavy (non-hydrogen) atoms. The van der Waals surface area contributed by atoms with Gasteiger partial charge in [-0.3, -0.25) is 4.99 Å². The van der Waals surface area contributed by atoms with E-state index in [9.17, 15) is 9.90 Å². The fraction of sp³-hybridized carbons (Fsp3) is 0.111. The summed E-state index contributed by atoms with van der Waals surface area (Å²) in [6.07, 6.45) is 5.45. The maximum Gasteiger partial charge on any atom is 1.00 e. The second kappa shape index (κ2) is 10.6. The maximum absolute atomic E-state index is 11.1. The Morgan fingerprint density at radius 2 is 1.64 bits per heavy atom. The zero-order valence-corrected chi connectivity index (χ0v) is 15.7. The molecule has 0 saturated carbocycles. The number of rotatable bonds is 6. The van der Waals surface area contributed by atoms with Gasteiger partial charge in [0.25, 0.3) is 0 Å². The van der Waals surface area contributed by atoms with E-state index in [0.717, 1.165) is 11.1 Å². The Bertz CT molecular complexity index is 624. The monoisotopic (exact) mass is 317 g/mol. The fourth-order valence-corrected chi connectivity index (χ4v) is 1.91. The summed E-state index contributed by atoms with van der Waals surface area (Å²) in [5, 5.41) is 11.1. The number of carboxylic acid groups (broad SMARTS) is 1. The second-order valence-corrected chi connectivity index (χ2v) is 4.59. The van der Waals surface area contributed by atoms with Crippen LogP contribution in [0.2, 0.25) is 0 Å². The molecule has 2 rings (SSSR count). The van der Waals surface area contributed by atoms with Crippen molar-refractivity contribution in [2.75, 3.05) is 0 Å². The van der Waals surface area contributed by atoms with Gasteiger partial charge >= 0.3 is 51.4 Å². The molecule has 0 fully saturated rings. The quantitative estimate of drug-likeness (QED) is 0.514. The van der Waals surface area contributed by atoms with Gasteiger partial charge in [-0.15, -0.1) is 0 Å². The predicted octanol–water partition coefficient (Wildman–Crippen LogP) is -0.864. The Morgan fingerprint density at radius 1 is 1.05 bits per heavy atom. The molecule has 0 amide bonds. The number of aliphatic imine (C=N–C) groups is 1. The molecule has 0 radical (unpaired) electrons. The van der Waals surface area contributed by atoms with Crippen molar-refractivity contribution in [1.82, 2.24) is 0 Å². The molecule has 4 heteroatoms. The normalized spacial score (nSPS) is 12.2. The fourth-order valence-electron chi connectivity index (χ4n) is 1.91. The number of hydrogen-bond donors (Lipinski definition) is 0. The summed E-state index contributed by atoms with van der Waals surface area (Å²) in [4.78, 5) is 15.2. The molecule has 0 bridgehead atoms. The van der Waals surface area contributed by atoms with Gasteiger partial charge in [0, 0.05) is 12.6 Å². The summed E-state index contributed by atoms with van der Waals surface area (Å²) in [6, 6.07) is 18.3. The summed E-state index contributed by atoms with van der Waals surface area (Å²) in [6.45, 7) is 0. The van der Waals surface area contributed by atoms with E-state index in [4.69, 9.17) is 0 Å². The Balaban J connectivity index is 0.00000242. The molecular weight excluding hydrogens is 301 g/mol. The summed E-state index contributed by atoms with van der Waals surface area (Å²) in [5.41, 5.74) is 1.97. The molecule has 0 N–H and O–H groups in total. The van der Waals surface area contributed by atoms with Gasteiger partial charge in [0.2, 0.25) is 0 Å². The summed E-state index contributed by atoms with van der Waals surface area (Å²) in [7, 11) is 0. The Morgan fingerprint density at radius 3 is 2.23 bits per heavy atom. The van der Waals surface area contributed by atoms with Crippen molar-refractivity contribution in [2.24, 2.45) is 4.99 Å². The van der Waals surface area contributed by atoms with Crippen molar-refractivity contribution in [3.8, 4) is 0 Å². The molecule has 0 saturated heterocycles. The smallest absolute Gasteiger partial charge is 0.548 e. The molecule has 0 aliphatic carbocycles. The van der Waals surface area contributed by atoms with Crippen LogP contribution in [0, 0.1) is 0 Å². The van der Waals surface area contributed by atoms with Crippen molar-refractivity contribution >= 4 is 18.3 Å². The number of hydrogen-bond acceptors (Lipinski definition) is 3. The minimum atomic E-state index is -1.16. The van der Waals surface area contributed by atoms with Crippen molar-refractivity contribution < 1.29 is 61.3 Å². The van der Waals surface area contributed by atoms with Crippen LogP contribution in [0.5, 0.6) is 0 Å². The van der Waals surface area contributed by atoms with Crippen LogP contribution in [0.15, 0.2) is 71.7 Å². The largest absolute Gasteiger partial charge is 1.00 e. The predicted molar refractivity (Wildman–Crippen MR) is 82.9 cm³/mol. The maximum atomic E-state index is 11.1. The number of benzene rings is 2. The van der Waals surface area contributed by atoms with Gasteiger partial charge in [-0.2, -0.15) is 0 Å². The van der Waals surface area contributed by atoms with Crippen LogP contribution in [0.25, 0.3) is 6.08 Å². The molecule has 2 aromatic carbocycles. The zero-order valence-electron chi connectivity index (χ0n) is 12.6. The van der Waals surface area contributed by atoms with Crippen molar-refractivity contribution in [3.05, 3.63) is 77.9 Å². The number of nitrogens with zero attached hydrogens (tertiary/aromatic N) is 1. The van der Waals surface area contributed by atoms with E-state index < -0.39 is 12.0 Å². The third kappa shape index (κ3) is 6.81. The van der Waals surface area contributed by atoms with E-state index in [0.29, 0.717) is 6.42 Å². The Labute approximate surface area is 173 Å². The van der Waals surface area contributed by atoms with Crippen LogP contribution in [-0.4, -0.2) is 18.2 Å². The average molecular weight is 317 g/mol. The van der Waals surface area contributed by atoms with Gasteiger partial charge in [-0.1, -0.05) is 66.7 Å². The molecule has 3 nitrogen and oxygen atoms in total. The van der Waals surface area contributed by atoms with Crippen LogP contribution >= 0.6 is 0 Å². The van der Waals surface area contributed by atoms with Gasteiger partial charge in [0.05, 0.1) is 12.0 Å². The molecule has 0 heterocycles. The minimum absolute atomic E-state index is 0. The third-order valence-electron chi connectivity index (χ3n) is 2.98. The number of allylic oxidation sites excluding steroid dienone is 1. The Hall–Kier alpha value is -1.04. The van der Waals surface area contributed by atoms with Crippen LogP contribution in [0.3, 0.4) is 0 Å². The number of carbonyl (C=O) groups excluding carboxylic acids is 1. The molecule has 0 unspecified atom stereocenters. The van der Waals surface area contributed by atoms with Crippen molar-refractivity contribution in [2.45, 2.75) is 12.5 Å². The average Bonchev–Trinajstić information content (AvgIpc) is 2.52. The first kappa shape index (κ1) is 19.0. The first-order chi connectivity index (χ1) is 10.3. The summed E-state index contributed by atoms with van der Waals surface area (Å²) >= 11 is 0. The van der Waals surface area contributed by atoms with E-state index in [2.05, 4.69) is 4.99 Å².